The first-order valence-corrected chi connectivity index (χ1v) is 3.84. The van der Waals surface area contributed by atoms with E-state index in [0.29, 0.717) is 0 Å². The Bertz CT molecular complexity index is 359. The van der Waals surface area contributed by atoms with Crippen molar-refractivity contribution in [2.24, 2.45) is 0 Å². The highest BCUT2D eigenvalue weighted by Gasteiger charge is 1.98. The summed E-state index contributed by atoms with van der Waals surface area (Å²) in [6.45, 7) is 3.84. The molecule has 0 amide bonds. The van der Waals surface area contributed by atoms with Crippen LogP contribution in [0.15, 0.2) is 18.6 Å². The zero-order valence-corrected chi connectivity index (χ0v) is 7.52. The summed E-state index contributed by atoms with van der Waals surface area (Å²) < 4.78 is 0. The first-order valence-electron chi connectivity index (χ1n) is 3.84. The lowest BCUT2D eigenvalue weighted by Crippen LogP contribution is -1.89. The fraction of sp³-hybridized carbons (Fsp3) is 0.222. The molecule has 0 atom stereocenters. The van der Waals surface area contributed by atoms with Crippen molar-refractivity contribution in [2.75, 3.05) is 0 Å². The van der Waals surface area contributed by atoms with Crippen LogP contribution in [-0.4, -0.2) is 9.91 Å². The van der Waals surface area contributed by atoms with Crippen LogP contribution in [0.3, 0.4) is 0 Å². The van der Waals surface area contributed by atoms with Gasteiger partial charge in [-0.25, -0.2) is 0 Å². The third-order valence-electron chi connectivity index (χ3n) is 1.88. The standard InChI is InChI=1S/C9H10N2O2/c1-7-5-10-6-9(8(7)2)3-4-11(12)13/h3-6H,1-2H3/b4-3+. The van der Waals surface area contributed by atoms with Crippen LogP contribution < -0.4 is 0 Å². The molecular formula is C9H10N2O2. The summed E-state index contributed by atoms with van der Waals surface area (Å²) in [5, 5.41) is 10.1. The van der Waals surface area contributed by atoms with E-state index in [2.05, 4.69) is 4.98 Å². The highest BCUT2D eigenvalue weighted by molar-refractivity contribution is 5.52. The van der Waals surface area contributed by atoms with Gasteiger partial charge >= 0.3 is 0 Å². The van der Waals surface area contributed by atoms with Crippen molar-refractivity contribution in [3.63, 3.8) is 0 Å². The number of rotatable bonds is 2. The molecule has 0 aliphatic rings. The minimum atomic E-state index is -0.484. The molecule has 0 aliphatic heterocycles. The van der Waals surface area contributed by atoms with Crippen LogP contribution in [0.4, 0.5) is 0 Å². The number of nitro groups is 1. The summed E-state index contributed by atoms with van der Waals surface area (Å²) >= 11 is 0. The van der Waals surface area contributed by atoms with Crippen molar-refractivity contribution >= 4 is 6.08 Å². The molecule has 0 fully saturated rings. The second-order valence-corrected chi connectivity index (χ2v) is 2.77. The predicted molar refractivity (Wildman–Crippen MR) is 49.7 cm³/mol. The van der Waals surface area contributed by atoms with E-state index in [9.17, 15) is 10.1 Å². The Hall–Kier alpha value is -1.71. The van der Waals surface area contributed by atoms with Crippen LogP contribution in [0, 0.1) is 24.0 Å². The van der Waals surface area contributed by atoms with Crippen molar-refractivity contribution in [1.82, 2.24) is 4.98 Å². The van der Waals surface area contributed by atoms with E-state index in [-0.39, 0.29) is 0 Å². The van der Waals surface area contributed by atoms with Gasteiger partial charge in [-0.2, -0.15) is 0 Å². The summed E-state index contributed by atoms with van der Waals surface area (Å²) in [6.07, 6.45) is 5.72. The zero-order chi connectivity index (χ0) is 9.84. The van der Waals surface area contributed by atoms with E-state index in [0.717, 1.165) is 22.9 Å². The zero-order valence-electron chi connectivity index (χ0n) is 7.52. The van der Waals surface area contributed by atoms with Gasteiger partial charge in [0, 0.05) is 24.0 Å². The lowest BCUT2D eigenvalue weighted by Gasteiger charge is -2.00. The summed E-state index contributed by atoms with van der Waals surface area (Å²) in [7, 11) is 0. The maximum Gasteiger partial charge on any atom is 0.235 e. The Morgan fingerprint density at radius 1 is 1.46 bits per heavy atom. The van der Waals surface area contributed by atoms with Crippen molar-refractivity contribution in [3.8, 4) is 0 Å². The largest absolute Gasteiger partial charge is 0.264 e. The minimum absolute atomic E-state index is 0.484. The van der Waals surface area contributed by atoms with Gasteiger partial charge in [0.1, 0.15) is 0 Å². The molecule has 4 heteroatoms. The Labute approximate surface area is 76.1 Å². The van der Waals surface area contributed by atoms with Gasteiger partial charge in [-0.3, -0.25) is 15.1 Å². The first kappa shape index (κ1) is 9.38. The Kier molecular flexibility index (Phi) is 2.74. The van der Waals surface area contributed by atoms with Crippen molar-refractivity contribution < 1.29 is 4.92 Å². The normalized spacial score (nSPS) is 10.6. The number of hydrogen-bond acceptors (Lipinski definition) is 3. The number of hydrogen-bond donors (Lipinski definition) is 0. The van der Waals surface area contributed by atoms with Crippen molar-refractivity contribution in [3.05, 3.63) is 45.4 Å². The highest BCUT2D eigenvalue weighted by Crippen LogP contribution is 2.11. The molecule has 4 nitrogen and oxygen atoms in total. The van der Waals surface area contributed by atoms with Gasteiger partial charge in [-0.1, -0.05) is 0 Å². The van der Waals surface area contributed by atoms with E-state index < -0.39 is 4.92 Å². The topological polar surface area (TPSA) is 56.0 Å². The lowest BCUT2D eigenvalue weighted by atomic mass is 10.1. The number of aryl methyl sites for hydroxylation is 1. The van der Waals surface area contributed by atoms with Crippen LogP contribution in [0.5, 0.6) is 0 Å². The molecular weight excluding hydrogens is 168 g/mol. The quantitative estimate of drug-likeness (QED) is 0.513. The van der Waals surface area contributed by atoms with E-state index in [1.54, 1.807) is 12.4 Å². The van der Waals surface area contributed by atoms with Gasteiger partial charge in [0.15, 0.2) is 0 Å². The third-order valence-corrected chi connectivity index (χ3v) is 1.88. The van der Waals surface area contributed by atoms with Gasteiger partial charge in [0.2, 0.25) is 6.20 Å². The van der Waals surface area contributed by atoms with E-state index in [4.69, 9.17) is 0 Å². The lowest BCUT2D eigenvalue weighted by molar-refractivity contribution is -0.400. The van der Waals surface area contributed by atoms with Gasteiger partial charge in [0.25, 0.3) is 0 Å². The maximum absolute atomic E-state index is 10.1. The summed E-state index contributed by atoms with van der Waals surface area (Å²) in [4.78, 5) is 13.5. The third kappa shape index (κ3) is 2.37. The van der Waals surface area contributed by atoms with E-state index >= 15 is 0 Å². The Balaban J connectivity index is 3.02. The molecule has 0 bridgehead atoms. The second kappa shape index (κ2) is 3.80. The maximum atomic E-state index is 10.1. The molecule has 68 valence electrons. The molecule has 0 aliphatic carbocycles. The van der Waals surface area contributed by atoms with Gasteiger partial charge in [0.05, 0.1) is 4.92 Å². The highest BCUT2D eigenvalue weighted by atomic mass is 16.6. The second-order valence-electron chi connectivity index (χ2n) is 2.77. The number of aromatic nitrogens is 1. The molecule has 13 heavy (non-hydrogen) atoms. The van der Waals surface area contributed by atoms with Crippen LogP contribution in [0.2, 0.25) is 0 Å². The van der Waals surface area contributed by atoms with Crippen molar-refractivity contribution in [1.29, 1.82) is 0 Å². The molecule has 1 heterocycles. The van der Waals surface area contributed by atoms with Crippen LogP contribution in [0.1, 0.15) is 16.7 Å². The minimum Gasteiger partial charge on any atom is -0.264 e. The van der Waals surface area contributed by atoms with Gasteiger partial charge < -0.3 is 0 Å². The Morgan fingerprint density at radius 3 is 2.77 bits per heavy atom. The molecule has 0 unspecified atom stereocenters. The number of nitrogens with zero attached hydrogens (tertiary/aromatic N) is 2. The van der Waals surface area contributed by atoms with E-state index in [1.165, 1.54) is 6.08 Å². The molecule has 1 aromatic heterocycles. The fourth-order valence-corrected chi connectivity index (χ4v) is 0.960. The fourth-order valence-electron chi connectivity index (χ4n) is 0.960. The van der Waals surface area contributed by atoms with Crippen LogP contribution >= 0.6 is 0 Å². The molecule has 0 radical (unpaired) electrons. The molecule has 0 saturated carbocycles. The summed E-state index contributed by atoms with van der Waals surface area (Å²) in [5.41, 5.74) is 2.84. The molecule has 0 N–H and O–H groups in total. The summed E-state index contributed by atoms with van der Waals surface area (Å²) in [5.74, 6) is 0. The first-order chi connectivity index (χ1) is 6.11. The SMILES string of the molecule is Cc1cncc(/C=C/[N+](=O)[O-])c1C. The van der Waals surface area contributed by atoms with Crippen LogP contribution in [-0.2, 0) is 0 Å². The molecule has 1 aromatic rings. The molecule has 0 saturated heterocycles. The van der Waals surface area contributed by atoms with Crippen molar-refractivity contribution in [2.45, 2.75) is 13.8 Å². The van der Waals surface area contributed by atoms with E-state index in [1.807, 2.05) is 13.8 Å². The number of pyridine rings is 1. The monoisotopic (exact) mass is 178 g/mol. The molecule has 1 rings (SSSR count). The predicted octanol–water partition coefficient (Wildman–Crippen LogP) is 1.95. The smallest absolute Gasteiger partial charge is 0.235 e. The van der Waals surface area contributed by atoms with Crippen LogP contribution in [0.25, 0.3) is 6.08 Å². The average Bonchev–Trinajstić information content (AvgIpc) is 2.07. The van der Waals surface area contributed by atoms with Gasteiger partial charge in [-0.15, -0.1) is 0 Å². The van der Waals surface area contributed by atoms with Gasteiger partial charge in [-0.05, 0) is 25.0 Å². The summed E-state index contributed by atoms with van der Waals surface area (Å²) in [6, 6.07) is 0. The molecule has 0 spiro atoms. The Morgan fingerprint density at radius 2 is 2.15 bits per heavy atom. The average molecular weight is 178 g/mol. The molecule has 0 aromatic carbocycles.